The van der Waals surface area contributed by atoms with Gasteiger partial charge < -0.3 is 5.11 Å². The molecule has 2 aromatic rings. The third-order valence-electron chi connectivity index (χ3n) is 3.82. The molecule has 114 valence electrons. The minimum Gasteiger partial charge on any atom is -0.478 e. The number of hydrogen-bond donors (Lipinski definition) is 1. The van der Waals surface area contributed by atoms with Crippen molar-refractivity contribution < 1.29 is 9.90 Å². The van der Waals surface area contributed by atoms with E-state index < -0.39 is 5.97 Å². The monoisotopic (exact) mass is 294 g/mol. The smallest absolute Gasteiger partial charge is 0.336 e. The Bertz CT molecular complexity index is 707. The maximum absolute atomic E-state index is 11.6. The van der Waals surface area contributed by atoms with Gasteiger partial charge in [-0.1, -0.05) is 61.9 Å². The van der Waals surface area contributed by atoms with Crippen LogP contribution in [-0.4, -0.2) is 11.1 Å². The molecule has 0 saturated heterocycles. The summed E-state index contributed by atoms with van der Waals surface area (Å²) in [5, 5.41) is 9.56. The fourth-order valence-electron chi connectivity index (χ4n) is 2.51. The van der Waals surface area contributed by atoms with Crippen LogP contribution in [-0.2, 0) is 4.79 Å². The van der Waals surface area contributed by atoms with Crippen LogP contribution in [0.3, 0.4) is 0 Å². The maximum atomic E-state index is 11.6. The molecule has 0 aliphatic heterocycles. The highest BCUT2D eigenvalue weighted by atomic mass is 16.4. The molecule has 0 bridgehead atoms. The topological polar surface area (TPSA) is 37.3 Å². The summed E-state index contributed by atoms with van der Waals surface area (Å²) in [6, 6.07) is 13.9. The van der Waals surface area contributed by atoms with E-state index in [-0.39, 0.29) is 0 Å². The van der Waals surface area contributed by atoms with Crippen LogP contribution in [0.25, 0.3) is 11.6 Å². The highest BCUT2D eigenvalue weighted by Crippen LogP contribution is 2.24. The van der Waals surface area contributed by atoms with Gasteiger partial charge in [-0.2, -0.15) is 0 Å². The summed E-state index contributed by atoms with van der Waals surface area (Å²) in [6.07, 6.45) is 1.74. The van der Waals surface area contributed by atoms with Crippen LogP contribution in [0.5, 0.6) is 0 Å². The molecule has 22 heavy (non-hydrogen) atoms. The van der Waals surface area contributed by atoms with Gasteiger partial charge in [-0.3, -0.25) is 0 Å². The Morgan fingerprint density at radius 3 is 2.18 bits per heavy atom. The van der Waals surface area contributed by atoms with Crippen molar-refractivity contribution in [1.82, 2.24) is 0 Å². The van der Waals surface area contributed by atoms with Gasteiger partial charge >= 0.3 is 5.97 Å². The number of carbonyl (C=O) groups is 1. The lowest BCUT2D eigenvalue weighted by Gasteiger charge is -2.09. The Morgan fingerprint density at radius 1 is 1.05 bits per heavy atom. The van der Waals surface area contributed by atoms with Crippen molar-refractivity contribution in [2.24, 2.45) is 0 Å². The van der Waals surface area contributed by atoms with E-state index in [0.29, 0.717) is 11.5 Å². The molecule has 2 nitrogen and oxygen atoms in total. The van der Waals surface area contributed by atoms with Gasteiger partial charge in [0, 0.05) is 0 Å². The Morgan fingerprint density at radius 2 is 1.68 bits per heavy atom. The second kappa shape index (κ2) is 6.61. The minimum atomic E-state index is -0.903. The molecule has 0 amide bonds. The van der Waals surface area contributed by atoms with Crippen LogP contribution in [0.2, 0.25) is 0 Å². The SMILES string of the molecule is Cc1ccc(/C(=C/c2ccc(C(C)C)cc2)C(=O)O)c(C)c1. The second-order valence-corrected chi connectivity index (χ2v) is 6.00. The largest absolute Gasteiger partial charge is 0.478 e. The summed E-state index contributed by atoms with van der Waals surface area (Å²) in [5.74, 6) is -0.434. The van der Waals surface area contributed by atoms with Gasteiger partial charge in [0.15, 0.2) is 0 Å². The number of benzene rings is 2. The first kappa shape index (κ1) is 16.0. The number of carboxylic acids is 1. The number of aliphatic carboxylic acids is 1. The molecular formula is C20H22O2. The van der Waals surface area contributed by atoms with Crippen molar-refractivity contribution in [2.45, 2.75) is 33.6 Å². The molecule has 2 aromatic carbocycles. The molecule has 0 radical (unpaired) electrons. The van der Waals surface area contributed by atoms with Crippen molar-refractivity contribution in [3.8, 4) is 0 Å². The van der Waals surface area contributed by atoms with E-state index in [1.165, 1.54) is 5.56 Å². The maximum Gasteiger partial charge on any atom is 0.336 e. The summed E-state index contributed by atoms with van der Waals surface area (Å²) in [5.41, 5.74) is 5.36. The predicted molar refractivity (Wildman–Crippen MR) is 92.0 cm³/mol. The van der Waals surface area contributed by atoms with Crippen LogP contribution in [0.15, 0.2) is 42.5 Å². The zero-order valence-electron chi connectivity index (χ0n) is 13.6. The highest BCUT2D eigenvalue weighted by molar-refractivity contribution is 6.21. The molecular weight excluding hydrogens is 272 g/mol. The van der Waals surface area contributed by atoms with E-state index in [2.05, 4.69) is 26.0 Å². The molecule has 0 saturated carbocycles. The van der Waals surface area contributed by atoms with E-state index >= 15 is 0 Å². The molecule has 2 rings (SSSR count). The molecule has 2 heteroatoms. The van der Waals surface area contributed by atoms with Gasteiger partial charge in [-0.05, 0) is 48.1 Å². The summed E-state index contributed by atoms with van der Waals surface area (Å²) in [7, 11) is 0. The van der Waals surface area contributed by atoms with Crippen molar-refractivity contribution in [3.63, 3.8) is 0 Å². The van der Waals surface area contributed by atoms with Gasteiger partial charge in [0.25, 0.3) is 0 Å². The summed E-state index contributed by atoms with van der Waals surface area (Å²) in [6.45, 7) is 8.24. The molecule has 0 fully saturated rings. The van der Waals surface area contributed by atoms with E-state index in [4.69, 9.17) is 0 Å². The molecule has 0 unspecified atom stereocenters. The Kier molecular flexibility index (Phi) is 4.81. The van der Waals surface area contributed by atoms with Crippen molar-refractivity contribution in [2.75, 3.05) is 0 Å². The molecule has 0 aromatic heterocycles. The van der Waals surface area contributed by atoms with Crippen molar-refractivity contribution in [1.29, 1.82) is 0 Å². The van der Waals surface area contributed by atoms with Gasteiger partial charge in [0.2, 0.25) is 0 Å². The molecule has 0 heterocycles. The number of hydrogen-bond acceptors (Lipinski definition) is 1. The molecule has 0 atom stereocenters. The third kappa shape index (κ3) is 3.64. The lowest BCUT2D eigenvalue weighted by atomic mass is 9.96. The molecule has 1 N–H and O–H groups in total. The first-order valence-electron chi connectivity index (χ1n) is 7.51. The fourth-order valence-corrected chi connectivity index (χ4v) is 2.51. The van der Waals surface area contributed by atoms with Gasteiger partial charge in [0.05, 0.1) is 5.57 Å². The zero-order chi connectivity index (χ0) is 16.3. The number of aryl methyl sites for hydroxylation is 2. The van der Waals surface area contributed by atoms with Crippen LogP contribution in [0, 0.1) is 13.8 Å². The Hall–Kier alpha value is -2.35. The van der Waals surface area contributed by atoms with Crippen molar-refractivity contribution >= 4 is 17.6 Å². The quantitative estimate of drug-likeness (QED) is 0.632. The van der Waals surface area contributed by atoms with Crippen LogP contribution in [0.1, 0.15) is 47.6 Å². The fraction of sp³-hybridized carbons (Fsp3) is 0.250. The summed E-state index contributed by atoms with van der Waals surface area (Å²) in [4.78, 5) is 11.6. The van der Waals surface area contributed by atoms with Crippen LogP contribution >= 0.6 is 0 Å². The number of carboxylic acid groups (broad SMARTS) is 1. The highest BCUT2D eigenvalue weighted by Gasteiger charge is 2.13. The predicted octanol–water partition coefficient (Wildman–Crippen LogP) is 5.05. The Labute approximate surface area is 132 Å². The van der Waals surface area contributed by atoms with E-state index in [0.717, 1.165) is 22.3 Å². The lowest BCUT2D eigenvalue weighted by molar-refractivity contribution is -0.130. The second-order valence-electron chi connectivity index (χ2n) is 6.00. The first-order chi connectivity index (χ1) is 10.4. The van der Waals surface area contributed by atoms with E-state index in [1.807, 2.05) is 44.2 Å². The first-order valence-corrected chi connectivity index (χ1v) is 7.51. The van der Waals surface area contributed by atoms with E-state index in [9.17, 15) is 9.90 Å². The standard InChI is InChI=1S/C20H22O2/c1-13(2)17-8-6-16(7-9-17)12-19(20(21)22)18-10-5-14(3)11-15(18)4/h5-13H,1-4H3,(H,21,22)/b19-12-. The lowest BCUT2D eigenvalue weighted by Crippen LogP contribution is -2.02. The zero-order valence-corrected chi connectivity index (χ0v) is 13.6. The van der Waals surface area contributed by atoms with Crippen LogP contribution < -0.4 is 0 Å². The molecule has 0 aliphatic rings. The van der Waals surface area contributed by atoms with Gasteiger partial charge in [-0.15, -0.1) is 0 Å². The van der Waals surface area contributed by atoms with E-state index in [1.54, 1.807) is 6.08 Å². The third-order valence-corrected chi connectivity index (χ3v) is 3.82. The molecule has 0 spiro atoms. The Balaban J connectivity index is 2.45. The van der Waals surface area contributed by atoms with Gasteiger partial charge in [0.1, 0.15) is 0 Å². The van der Waals surface area contributed by atoms with Gasteiger partial charge in [-0.25, -0.2) is 4.79 Å². The number of rotatable bonds is 4. The van der Waals surface area contributed by atoms with Crippen molar-refractivity contribution in [3.05, 3.63) is 70.3 Å². The average molecular weight is 294 g/mol. The van der Waals surface area contributed by atoms with Crippen LogP contribution in [0.4, 0.5) is 0 Å². The normalized spacial score (nSPS) is 11.8. The summed E-state index contributed by atoms with van der Waals surface area (Å²) < 4.78 is 0. The average Bonchev–Trinajstić information content (AvgIpc) is 2.45. The molecule has 0 aliphatic carbocycles. The summed E-state index contributed by atoms with van der Waals surface area (Å²) >= 11 is 0. The minimum absolute atomic E-state index is 0.329.